The number of sulfonamides is 1. The Morgan fingerprint density at radius 1 is 1.06 bits per heavy atom. The summed E-state index contributed by atoms with van der Waals surface area (Å²) in [5.74, 6) is -2.75. The standard InChI is InChI=1S/C21H32N4O7S/c1-6-22-21(29)23-17(26)13-32-20(28)18(14(4)5)24-19(27)15-10-9-11-16(12-15)33(30,31)25(7-2)8-3/h9-12,14,18H,6-8,13H2,1-5H3,(H,24,27)(H2,22,23,26,29)/t18-/m0/s1. The summed E-state index contributed by atoms with van der Waals surface area (Å²) in [4.78, 5) is 48.2. The number of ether oxygens (including phenoxy) is 1. The highest BCUT2D eigenvalue weighted by atomic mass is 32.2. The van der Waals surface area contributed by atoms with Crippen molar-refractivity contribution >= 4 is 33.8 Å². The summed E-state index contributed by atoms with van der Waals surface area (Å²) >= 11 is 0. The number of rotatable bonds is 11. The highest BCUT2D eigenvalue weighted by Crippen LogP contribution is 2.17. The Kier molecular flexibility index (Phi) is 11.0. The third-order valence-corrected chi connectivity index (χ3v) is 6.63. The van der Waals surface area contributed by atoms with Gasteiger partial charge in [0.2, 0.25) is 10.0 Å². The molecule has 0 saturated carbocycles. The highest BCUT2D eigenvalue weighted by Gasteiger charge is 2.28. The number of amides is 4. The Bertz CT molecular complexity index is 959. The molecular weight excluding hydrogens is 452 g/mol. The third-order valence-electron chi connectivity index (χ3n) is 4.58. The molecule has 0 unspecified atom stereocenters. The van der Waals surface area contributed by atoms with Gasteiger partial charge in [-0.15, -0.1) is 0 Å². The number of nitrogens with zero attached hydrogens (tertiary/aromatic N) is 1. The monoisotopic (exact) mass is 484 g/mol. The maximum atomic E-state index is 12.7. The SMILES string of the molecule is CCNC(=O)NC(=O)COC(=O)[C@@H](NC(=O)c1cccc(S(=O)(=O)N(CC)CC)c1)C(C)C. The average Bonchev–Trinajstić information content (AvgIpc) is 2.76. The van der Waals surface area contributed by atoms with Gasteiger partial charge < -0.3 is 15.4 Å². The first-order valence-corrected chi connectivity index (χ1v) is 12.1. The van der Waals surface area contributed by atoms with Crippen molar-refractivity contribution in [1.29, 1.82) is 0 Å². The molecule has 0 fully saturated rings. The fraction of sp³-hybridized carbons (Fsp3) is 0.524. The van der Waals surface area contributed by atoms with Gasteiger partial charge in [-0.1, -0.05) is 33.8 Å². The van der Waals surface area contributed by atoms with Crippen molar-refractivity contribution in [2.45, 2.75) is 45.6 Å². The molecule has 0 aliphatic heterocycles. The molecule has 11 nitrogen and oxygen atoms in total. The summed E-state index contributed by atoms with van der Waals surface area (Å²) in [6.45, 7) is 8.62. The van der Waals surface area contributed by atoms with Crippen molar-refractivity contribution in [3.63, 3.8) is 0 Å². The molecule has 1 atom stereocenters. The van der Waals surface area contributed by atoms with Crippen LogP contribution in [0.3, 0.4) is 0 Å². The van der Waals surface area contributed by atoms with Gasteiger partial charge in [0.25, 0.3) is 11.8 Å². The number of nitrogens with one attached hydrogen (secondary N) is 3. The van der Waals surface area contributed by atoms with E-state index in [0.29, 0.717) is 6.54 Å². The van der Waals surface area contributed by atoms with E-state index in [2.05, 4.69) is 10.6 Å². The number of hydrogen-bond acceptors (Lipinski definition) is 7. The molecule has 0 spiro atoms. The van der Waals surface area contributed by atoms with Gasteiger partial charge in [0.15, 0.2) is 6.61 Å². The lowest BCUT2D eigenvalue weighted by molar-refractivity contribution is -0.151. The predicted molar refractivity (Wildman–Crippen MR) is 121 cm³/mol. The van der Waals surface area contributed by atoms with Crippen LogP contribution < -0.4 is 16.0 Å². The fourth-order valence-electron chi connectivity index (χ4n) is 2.83. The Balaban J connectivity index is 2.91. The number of carbonyl (C=O) groups excluding carboxylic acids is 4. The molecule has 1 aromatic rings. The largest absolute Gasteiger partial charge is 0.454 e. The van der Waals surface area contributed by atoms with Crippen LogP contribution in [0, 0.1) is 5.92 Å². The normalized spacial score (nSPS) is 12.2. The summed E-state index contributed by atoms with van der Waals surface area (Å²) in [7, 11) is -3.77. The lowest BCUT2D eigenvalue weighted by Gasteiger charge is -2.21. The first kappa shape index (κ1) is 28.0. The van der Waals surface area contributed by atoms with Crippen LogP contribution in [0.1, 0.15) is 45.0 Å². The fourth-order valence-corrected chi connectivity index (χ4v) is 4.33. The molecule has 0 bridgehead atoms. The second kappa shape index (κ2) is 12.9. The molecule has 0 aliphatic carbocycles. The van der Waals surface area contributed by atoms with Crippen LogP contribution in [-0.2, 0) is 24.3 Å². The van der Waals surface area contributed by atoms with Gasteiger partial charge in [0, 0.05) is 25.2 Å². The van der Waals surface area contributed by atoms with Crippen LogP contribution in [0.4, 0.5) is 4.79 Å². The highest BCUT2D eigenvalue weighted by molar-refractivity contribution is 7.89. The van der Waals surface area contributed by atoms with Gasteiger partial charge in [-0.05, 0) is 31.0 Å². The van der Waals surface area contributed by atoms with Crippen LogP contribution in [0.25, 0.3) is 0 Å². The minimum atomic E-state index is -3.77. The van der Waals surface area contributed by atoms with Crippen LogP contribution in [-0.4, -0.2) is 68.8 Å². The van der Waals surface area contributed by atoms with Crippen molar-refractivity contribution in [2.24, 2.45) is 5.92 Å². The Morgan fingerprint density at radius 3 is 2.24 bits per heavy atom. The van der Waals surface area contributed by atoms with Gasteiger partial charge in [-0.3, -0.25) is 14.9 Å². The maximum absolute atomic E-state index is 12.7. The lowest BCUT2D eigenvalue weighted by Crippen LogP contribution is -2.47. The molecule has 0 radical (unpaired) electrons. The van der Waals surface area contributed by atoms with E-state index >= 15 is 0 Å². The second-order valence-corrected chi connectivity index (χ2v) is 9.27. The molecule has 0 heterocycles. The molecule has 3 N–H and O–H groups in total. The molecular formula is C21H32N4O7S. The van der Waals surface area contributed by atoms with E-state index < -0.39 is 52.4 Å². The number of carbonyl (C=O) groups is 4. The molecule has 33 heavy (non-hydrogen) atoms. The van der Waals surface area contributed by atoms with Crippen LogP contribution in [0.15, 0.2) is 29.2 Å². The number of urea groups is 1. The van der Waals surface area contributed by atoms with E-state index in [1.165, 1.54) is 28.6 Å². The number of benzene rings is 1. The molecule has 4 amide bonds. The van der Waals surface area contributed by atoms with Gasteiger partial charge in [0.05, 0.1) is 4.90 Å². The Hall–Kier alpha value is -2.99. The van der Waals surface area contributed by atoms with Crippen LogP contribution in [0.5, 0.6) is 0 Å². The van der Waals surface area contributed by atoms with Gasteiger partial charge >= 0.3 is 12.0 Å². The smallest absolute Gasteiger partial charge is 0.329 e. The Morgan fingerprint density at radius 2 is 1.70 bits per heavy atom. The quantitative estimate of drug-likeness (QED) is 0.394. The molecule has 0 saturated heterocycles. The van der Waals surface area contributed by atoms with Gasteiger partial charge in [-0.2, -0.15) is 4.31 Å². The molecule has 184 valence electrons. The first-order chi connectivity index (χ1) is 15.5. The predicted octanol–water partition coefficient (Wildman–Crippen LogP) is 0.860. The minimum absolute atomic E-state index is 0.0375. The zero-order chi connectivity index (χ0) is 25.2. The lowest BCUT2D eigenvalue weighted by atomic mass is 10.0. The molecule has 0 aliphatic rings. The van der Waals surface area contributed by atoms with Crippen molar-refractivity contribution in [3.8, 4) is 0 Å². The van der Waals surface area contributed by atoms with Gasteiger partial charge in [-0.25, -0.2) is 18.0 Å². The zero-order valence-corrected chi connectivity index (χ0v) is 20.3. The summed E-state index contributed by atoms with van der Waals surface area (Å²) in [6, 6.07) is 3.69. The van der Waals surface area contributed by atoms with Crippen molar-refractivity contribution < 1.29 is 32.3 Å². The van der Waals surface area contributed by atoms with E-state index in [-0.39, 0.29) is 23.5 Å². The van der Waals surface area contributed by atoms with Crippen LogP contribution >= 0.6 is 0 Å². The topological polar surface area (TPSA) is 151 Å². The number of esters is 1. The second-order valence-electron chi connectivity index (χ2n) is 7.33. The molecule has 1 rings (SSSR count). The van der Waals surface area contributed by atoms with Crippen molar-refractivity contribution in [1.82, 2.24) is 20.3 Å². The summed E-state index contributed by atoms with van der Waals surface area (Å²) in [6.07, 6.45) is 0. The first-order valence-electron chi connectivity index (χ1n) is 10.6. The number of imide groups is 1. The zero-order valence-electron chi connectivity index (χ0n) is 19.5. The maximum Gasteiger partial charge on any atom is 0.329 e. The van der Waals surface area contributed by atoms with E-state index in [0.717, 1.165) is 0 Å². The van der Waals surface area contributed by atoms with Crippen molar-refractivity contribution in [3.05, 3.63) is 29.8 Å². The van der Waals surface area contributed by atoms with E-state index in [4.69, 9.17) is 4.74 Å². The Labute approximate surface area is 194 Å². The van der Waals surface area contributed by atoms with Gasteiger partial charge in [0.1, 0.15) is 6.04 Å². The van der Waals surface area contributed by atoms with E-state index in [1.54, 1.807) is 34.6 Å². The van der Waals surface area contributed by atoms with E-state index in [1.807, 2.05) is 5.32 Å². The summed E-state index contributed by atoms with van der Waals surface area (Å²) < 4.78 is 31.7. The minimum Gasteiger partial charge on any atom is -0.454 e. The van der Waals surface area contributed by atoms with Crippen LogP contribution in [0.2, 0.25) is 0 Å². The average molecular weight is 485 g/mol. The summed E-state index contributed by atoms with van der Waals surface area (Å²) in [5, 5.41) is 6.88. The molecule has 1 aromatic carbocycles. The molecule has 12 heteroatoms. The molecule has 0 aromatic heterocycles. The number of hydrogen-bond donors (Lipinski definition) is 3. The summed E-state index contributed by atoms with van der Waals surface area (Å²) in [5.41, 5.74) is 0.0515. The third kappa shape index (κ3) is 8.13. The van der Waals surface area contributed by atoms with Crippen molar-refractivity contribution in [2.75, 3.05) is 26.2 Å². The van der Waals surface area contributed by atoms with E-state index in [9.17, 15) is 27.6 Å².